The molecule has 0 aromatic rings. The first-order chi connectivity index (χ1) is 5.47. The lowest BCUT2D eigenvalue weighted by Crippen LogP contribution is -1.88. The first kappa shape index (κ1) is 6.41. The van der Waals surface area contributed by atoms with E-state index in [9.17, 15) is 0 Å². The van der Waals surface area contributed by atoms with Crippen molar-refractivity contribution in [3.63, 3.8) is 0 Å². The van der Waals surface area contributed by atoms with E-state index in [1.807, 2.05) is 12.2 Å². The van der Waals surface area contributed by atoms with Gasteiger partial charge in [-0.2, -0.15) is 0 Å². The Labute approximate surface area is 66.9 Å². The third-order valence-electron chi connectivity index (χ3n) is 1.83. The first-order valence-electron chi connectivity index (χ1n) is 3.79. The third kappa shape index (κ3) is 1.25. The molecule has 0 aliphatic heterocycles. The summed E-state index contributed by atoms with van der Waals surface area (Å²) in [4.78, 5) is 0. The van der Waals surface area contributed by atoms with Crippen molar-refractivity contribution >= 4 is 0 Å². The lowest BCUT2D eigenvalue weighted by atomic mass is 9.98. The fraction of sp³-hybridized carbons (Fsp3) is 0.0909. The van der Waals surface area contributed by atoms with Gasteiger partial charge in [0.25, 0.3) is 0 Å². The van der Waals surface area contributed by atoms with E-state index < -0.39 is 0 Å². The van der Waals surface area contributed by atoms with Crippen molar-refractivity contribution in [2.24, 2.45) is 0 Å². The van der Waals surface area contributed by atoms with Crippen LogP contribution in [0.3, 0.4) is 0 Å². The average Bonchev–Trinajstić information content (AvgIpc) is 2.28. The van der Waals surface area contributed by atoms with Crippen molar-refractivity contribution in [2.75, 3.05) is 0 Å². The number of fused-ring (bicyclic) bond motifs is 1. The van der Waals surface area contributed by atoms with E-state index >= 15 is 0 Å². The Morgan fingerprint density at radius 2 is 2.09 bits per heavy atom. The molecule has 1 radical (unpaired) electrons. The standard InChI is InChI=1S/C11H9/c1-2-6-10-8-4-5-9-11(10)7-3-1/h1-6,9H,8H2. The maximum Gasteiger partial charge on any atom is -0.00882 e. The zero-order valence-corrected chi connectivity index (χ0v) is 6.25. The maximum absolute atomic E-state index is 3.21. The van der Waals surface area contributed by atoms with Gasteiger partial charge in [-0.1, -0.05) is 42.5 Å². The Hall–Kier alpha value is -1.30. The molecule has 0 amide bonds. The minimum atomic E-state index is 1.04. The highest BCUT2D eigenvalue weighted by molar-refractivity contribution is 5.47. The summed E-state index contributed by atoms with van der Waals surface area (Å²) in [6, 6.07) is 0. The molecule has 2 aliphatic rings. The molecule has 53 valence electrons. The Kier molecular flexibility index (Phi) is 1.60. The smallest absolute Gasteiger partial charge is 0.00882 e. The Morgan fingerprint density at radius 3 is 3.09 bits per heavy atom. The lowest BCUT2D eigenvalue weighted by molar-refractivity contribution is 1.21. The molecule has 0 nitrogen and oxygen atoms in total. The van der Waals surface area contributed by atoms with Crippen molar-refractivity contribution < 1.29 is 0 Å². The van der Waals surface area contributed by atoms with Gasteiger partial charge in [-0.3, -0.25) is 0 Å². The van der Waals surface area contributed by atoms with Crippen LogP contribution in [0.4, 0.5) is 0 Å². The van der Waals surface area contributed by atoms with Crippen molar-refractivity contribution in [3.8, 4) is 0 Å². The summed E-state index contributed by atoms with van der Waals surface area (Å²) in [5.41, 5.74) is 2.58. The predicted octanol–water partition coefficient (Wildman–Crippen LogP) is 2.73. The van der Waals surface area contributed by atoms with Crippen molar-refractivity contribution in [1.29, 1.82) is 0 Å². The van der Waals surface area contributed by atoms with E-state index in [1.54, 1.807) is 0 Å². The molecule has 0 heteroatoms. The van der Waals surface area contributed by atoms with Gasteiger partial charge >= 0.3 is 0 Å². The summed E-state index contributed by atoms with van der Waals surface area (Å²) in [5.74, 6) is 0. The summed E-state index contributed by atoms with van der Waals surface area (Å²) in [5, 5.41) is 0. The van der Waals surface area contributed by atoms with Gasteiger partial charge in [-0.15, -0.1) is 0 Å². The molecule has 11 heavy (non-hydrogen) atoms. The van der Waals surface area contributed by atoms with Crippen LogP contribution in [0.5, 0.6) is 0 Å². The van der Waals surface area contributed by atoms with E-state index in [0.29, 0.717) is 0 Å². The van der Waals surface area contributed by atoms with Crippen molar-refractivity contribution in [2.45, 2.75) is 6.42 Å². The minimum Gasteiger partial charge on any atom is -0.0801 e. The predicted molar refractivity (Wildman–Crippen MR) is 46.9 cm³/mol. The highest BCUT2D eigenvalue weighted by Gasteiger charge is 2.03. The maximum atomic E-state index is 3.21. The van der Waals surface area contributed by atoms with E-state index in [-0.39, 0.29) is 0 Å². The Morgan fingerprint density at radius 1 is 1.09 bits per heavy atom. The van der Waals surface area contributed by atoms with Crippen LogP contribution >= 0.6 is 0 Å². The highest BCUT2D eigenvalue weighted by atomic mass is 14.1. The first-order valence-corrected chi connectivity index (χ1v) is 3.79. The SMILES string of the molecule is [C]1=CC=CC=C2CC=CC=C12. The van der Waals surface area contributed by atoms with Gasteiger partial charge < -0.3 is 0 Å². The topological polar surface area (TPSA) is 0 Å². The van der Waals surface area contributed by atoms with E-state index in [0.717, 1.165) is 6.42 Å². The van der Waals surface area contributed by atoms with Crippen LogP contribution in [0.15, 0.2) is 53.7 Å². The zero-order valence-electron chi connectivity index (χ0n) is 6.25. The molecule has 0 bridgehead atoms. The van der Waals surface area contributed by atoms with Crippen LogP contribution in [-0.4, -0.2) is 0 Å². The average molecular weight is 141 g/mol. The quantitative estimate of drug-likeness (QED) is 0.486. The molecule has 2 aliphatic carbocycles. The number of allylic oxidation sites excluding steroid dienone is 10. The van der Waals surface area contributed by atoms with Crippen LogP contribution in [0, 0.1) is 6.08 Å². The normalized spacial score (nSPS) is 20.4. The highest BCUT2D eigenvalue weighted by Crippen LogP contribution is 2.21. The van der Waals surface area contributed by atoms with Gasteiger partial charge in [0.05, 0.1) is 0 Å². The van der Waals surface area contributed by atoms with Gasteiger partial charge in [0.1, 0.15) is 0 Å². The van der Waals surface area contributed by atoms with Gasteiger partial charge in [0, 0.05) is 0 Å². The molecule has 0 N–H and O–H groups in total. The van der Waals surface area contributed by atoms with Gasteiger partial charge in [-0.25, -0.2) is 0 Å². The van der Waals surface area contributed by atoms with E-state index in [2.05, 4.69) is 36.5 Å². The Bertz CT molecular complexity index is 296. The Balaban J connectivity index is 2.44. The molecule has 0 aromatic heterocycles. The van der Waals surface area contributed by atoms with Crippen molar-refractivity contribution in [3.05, 3.63) is 59.8 Å². The summed E-state index contributed by atoms with van der Waals surface area (Å²) in [7, 11) is 0. The molecule has 0 saturated heterocycles. The molecule has 0 fully saturated rings. The summed E-state index contributed by atoms with van der Waals surface area (Å²) < 4.78 is 0. The molecule has 2 rings (SSSR count). The molecule has 0 spiro atoms. The molecular formula is C11H9. The summed E-state index contributed by atoms with van der Waals surface area (Å²) in [6.45, 7) is 0. The van der Waals surface area contributed by atoms with E-state index in [4.69, 9.17) is 0 Å². The third-order valence-corrected chi connectivity index (χ3v) is 1.83. The molecule has 0 aromatic carbocycles. The van der Waals surface area contributed by atoms with Gasteiger partial charge in [0.2, 0.25) is 0 Å². The van der Waals surface area contributed by atoms with Crippen molar-refractivity contribution in [1.82, 2.24) is 0 Å². The van der Waals surface area contributed by atoms with Crippen LogP contribution in [0.25, 0.3) is 0 Å². The van der Waals surface area contributed by atoms with Gasteiger partial charge in [-0.05, 0) is 23.6 Å². The molecule has 0 atom stereocenters. The summed E-state index contributed by atoms with van der Waals surface area (Å²) in [6.07, 6.45) is 18.8. The number of rotatable bonds is 0. The van der Waals surface area contributed by atoms with Crippen LogP contribution in [0.2, 0.25) is 0 Å². The van der Waals surface area contributed by atoms with Gasteiger partial charge in [0.15, 0.2) is 0 Å². The monoisotopic (exact) mass is 141 g/mol. The zero-order chi connectivity index (χ0) is 7.52. The van der Waals surface area contributed by atoms with Crippen LogP contribution in [-0.2, 0) is 0 Å². The largest absolute Gasteiger partial charge is 0.0801 e. The summed E-state index contributed by atoms with van der Waals surface area (Å²) >= 11 is 0. The minimum absolute atomic E-state index is 1.04. The molecule has 0 saturated carbocycles. The second-order valence-corrected chi connectivity index (χ2v) is 2.60. The molecule has 0 unspecified atom stereocenters. The van der Waals surface area contributed by atoms with Crippen LogP contribution < -0.4 is 0 Å². The fourth-order valence-corrected chi connectivity index (χ4v) is 1.24. The number of hydrogen-bond acceptors (Lipinski definition) is 0. The fourth-order valence-electron chi connectivity index (χ4n) is 1.24. The van der Waals surface area contributed by atoms with E-state index in [1.165, 1.54) is 11.1 Å². The molecular weight excluding hydrogens is 132 g/mol. The second-order valence-electron chi connectivity index (χ2n) is 2.60. The second kappa shape index (κ2) is 2.75. The molecule has 0 heterocycles. The number of hydrogen-bond donors (Lipinski definition) is 0. The lowest BCUT2D eigenvalue weighted by Gasteiger charge is -2.06. The van der Waals surface area contributed by atoms with Crippen LogP contribution in [0.1, 0.15) is 6.42 Å².